The van der Waals surface area contributed by atoms with Crippen molar-refractivity contribution in [2.75, 3.05) is 5.32 Å². The first-order valence-corrected chi connectivity index (χ1v) is 7.99. The van der Waals surface area contributed by atoms with Crippen LogP contribution in [0.2, 0.25) is 5.02 Å². The van der Waals surface area contributed by atoms with Gasteiger partial charge in [-0.05, 0) is 30.7 Å². The highest BCUT2D eigenvalue weighted by Crippen LogP contribution is 2.16. The molecule has 1 N–H and O–H groups in total. The molecule has 1 aromatic carbocycles. The molecular weight excluding hydrogens is 318 g/mol. The second kappa shape index (κ2) is 6.34. The Morgan fingerprint density at radius 3 is 2.82 bits per heavy atom. The number of nitrogens with zero attached hydrogens (tertiary/aromatic N) is 2. The minimum Gasteiger partial charge on any atom is -0.319 e. The SMILES string of the molecule is Cc1cc(C(=O)Nc2cnn(Cc3ccc(Cl)cc3)c2)cs1. The second-order valence-corrected chi connectivity index (χ2v) is 6.51. The molecule has 0 bridgehead atoms. The summed E-state index contributed by atoms with van der Waals surface area (Å²) in [6.45, 7) is 2.61. The molecule has 4 nitrogen and oxygen atoms in total. The first kappa shape index (κ1) is 14.8. The third kappa shape index (κ3) is 3.55. The lowest BCUT2D eigenvalue weighted by Crippen LogP contribution is -2.10. The third-order valence-corrected chi connectivity index (χ3v) is 4.26. The van der Waals surface area contributed by atoms with E-state index in [2.05, 4.69) is 10.4 Å². The van der Waals surface area contributed by atoms with Crippen molar-refractivity contribution in [2.45, 2.75) is 13.5 Å². The summed E-state index contributed by atoms with van der Waals surface area (Å²) in [5.41, 5.74) is 2.45. The molecule has 3 aromatic rings. The van der Waals surface area contributed by atoms with Gasteiger partial charge in [0.2, 0.25) is 0 Å². The standard InChI is InChI=1S/C16H14ClN3OS/c1-11-6-13(10-22-11)16(21)19-15-7-18-20(9-15)8-12-2-4-14(17)5-3-12/h2-7,9-10H,8H2,1H3,(H,19,21). The van der Waals surface area contributed by atoms with Crippen molar-refractivity contribution in [2.24, 2.45) is 0 Å². The Hall–Kier alpha value is -2.11. The monoisotopic (exact) mass is 331 g/mol. The average Bonchev–Trinajstić information content (AvgIpc) is 3.11. The van der Waals surface area contributed by atoms with Crippen LogP contribution in [0.25, 0.3) is 0 Å². The van der Waals surface area contributed by atoms with Crippen LogP contribution in [-0.2, 0) is 6.54 Å². The normalized spacial score (nSPS) is 10.6. The second-order valence-electron chi connectivity index (χ2n) is 4.95. The number of hydrogen-bond donors (Lipinski definition) is 1. The molecule has 2 heterocycles. The Bertz CT molecular complexity index is 792. The van der Waals surface area contributed by atoms with Crippen LogP contribution in [0.5, 0.6) is 0 Å². The molecule has 0 saturated carbocycles. The zero-order chi connectivity index (χ0) is 15.5. The van der Waals surface area contributed by atoms with Gasteiger partial charge in [-0.3, -0.25) is 9.48 Å². The van der Waals surface area contributed by atoms with Crippen molar-refractivity contribution < 1.29 is 4.79 Å². The van der Waals surface area contributed by atoms with Gasteiger partial charge in [-0.25, -0.2) is 0 Å². The summed E-state index contributed by atoms with van der Waals surface area (Å²) in [6, 6.07) is 9.48. The van der Waals surface area contributed by atoms with Gasteiger partial charge in [-0.2, -0.15) is 5.10 Å². The summed E-state index contributed by atoms with van der Waals surface area (Å²) in [5.74, 6) is -0.115. The number of anilines is 1. The average molecular weight is 332 g/mol. The maximum absolute atomic E-state index is 12.1. The summed E-state index contributed by atoms with van der Waals surface area (Å²) < 4.78 is 1.78. The summed E-state index contributed by atoms with van der Waals surface area (Å²) in [6.07, 6.45) is 3.46. The highest BCUT2D eigenvalue weighted by atomic mass is 35.5. The zero-order valence-corrected chi connectivity index (χ0v) is 13.5. The number of halogens is 1. The zero-order valence-electron chi connectivity index (χ0n) is 11.9. The summed E-state index contributed by atoms with van der Waals surface area (Å²) in [7, 11) is 0. The number of benzene rings is 1. The number of rotatable bonds is 4. The number of thiophene rings is 1. The molecule has 1 amide bonds. The van der Waals surface area contributed by atoms with Crippen LogP contribution in [0, 0.1) is 6.92 Å². The number of carbonyl (C=O) groups is 1. The van der Waals surface area contributed by atoms with Crippen LogP contribution >= 0.6 is 22.9 Å². The largest absolute Gasteiger partial charge is 0.319 e. The molecule has 0 radical (unpaired) electrons. The maximum atomic E-state index is 12.1. The molecule has 22 heavy (non-hydrogen) atoms. The van der Waals surface area contributed by atoms with Gasteiger partial charge in [-0.1, -0.05) is 23.7 Å². The van der Waals surface area contributed by atoms with E-state index < -0.39 is 0 Å². The highest BCUT2D eigenvalue weighted by molar-refractivity contribution is 7.10. The van der Waals surface area contributed by atoms with Crippen molar-refractivity contribution >= 4 is 34.5 Å². The summed E-state index contributed by atoms with van der Waals surface area (Å²) >= 11 is 7.43. The lowest BCUT2D eigenvalue weighted by molar-refractivity contribution is 0.102. The van der Waals surface area contributed by atoms with Crippen LogP contribution in [0.1, 0.15) is 20.8 Å². The van der Waals surface area contributed by atoms with Crippen molar-refractivity contribution in [1.29, 1.82) is 0 Å². The van der Waals surface area contributed by atoms with Crippen molar-refractivity contribution in [3.05, 3.63) is 69.1 Å². The van der Waals surface area contributed by atoms with Gasteiger partial charge < -0.3 is 5.32 Å². The number of nitrogens with one attached hydrogen (secondary N) is 1. The van der Waals surface area contributed by atoms with Crippen LogP contribution in [0.4, 0.5) is 5.69 Å². The van der Waals surface area contributed by atoms with Crippen LogP contribution < -0.4 is 5.32 Å². The Labute approximate surface area is 137 Å². The van der Waals surface area contributed by atoms with Gasteiger partial charge in [0.15, 0.2) is 0 Å². The first-order chi connectivity index (χ1) is 10.6. The van der Waals surface area contributed by atoms with Crippen LogP contribution in [0.15, 0.2) is 48.1 Å². The molecule has 112 valence electrons. The number of hydrogen-bond acceptors (Lipinski definition) is 3. The molecule has 0 saturated heterocycles. The molecule has 2 aromatic heterocycles. The van der Waals surface area contributed by atoms with E-state index in [4.69, 9.17) is 11.6 Å². The number of aromatic nitrogens is 2. The van der Waals surface area contributed by atoms with E-state index in [1.54, 1.807) is 22.2 Å². The van der Waals surface area contributed by atoms with Crippen molar-refractivity contribution in [3.8, 4) is 0 Å². The van der Waals surface area contributed by atoms with Gasteiger partial charge in [0.05, 0.1) is 24.0 Å². The van der Waals surface area contributed by atoms with Crippen molar-refractivity contribution in [1.82, 2.24) is 9.78 Å². The molecule has 0 fully saturated rings. The number of amides is 1. The molecule has 3 rings (SSSR count). The van der Waals surface area contributed by atoms with E-state index in [0.717, 1.165) is 10.4 Å². The third-order valence-electron chi connectivity index (χ3n) is 3.14. The fourth-order valence-corrected chi connectivity index (χ4v) is 2.87. The Morgan fingerprint density at radius 2 is 2.14 bits per heavy atom. The molecule has 0 aliphatic rings. The van der Waals surface area contributed by atoms with Gasteiger partial charge >= 0.3 is 0 Å². The van der Waals surface area contributed by atoms with E-state index in [0.29, 0.717) is 22.8 Å². The fraction of sp³-hybridized carbons (Fsp3) is 0.125. The summed E-state index contributed by atoms with van der Waals surface area (Å²) in [5, 5.41) is 9.67. The molecular formula is C16H14ClN3OS. The van der Waals surface area contributed by atoms with Crippen LogP contribution in [0.3, 0.4) is 0 Å². The Kier molecular flexibility index (Phi) is 4.27. The predicted octanol–water partition coefficient (Wildman–Crippen LogP) is 4.21. The highest BCUT2D eigenvalue weighted by Gasteiger charge is 2.09. The molecule has 0 unspecified atom stereocenters. The van der Waals surface area contributed by atoms with E-state index in [9.17, 15) is 4.79 Å². The molecule has 6 heteroatoms. The molecule has 0 atom stereocenters. The van der Waals surface area contributed by atoms with E-state index >= 15 is 0 Å². The molecule has 0 aliphatic heterocycles. The van der Waals surface area contributed by atoms with E-state index in [1.807, 2.05) is 48.8 Å². The lowest BCUT2D eigenvalue weighted by Gasteiger charge is -2.02. The molecule has 0 aliphatic carbocycles. The lowest BCUT2D eigenvalue weighted by atomic mass is 10.2. The van der Waals surface area contributed by atoms with Gasteiger partial charge in [-0.15, -0.1) is 11.3 Å². The number of carbonyl (C=O) groups excluding carboxylic acids is 1. The van der Waals surface area contributed by atoms with E-state index in [-0.39, 0.29) is 5.91 Å². The predicted molar refractivity (Wildman–Crippen MR) is 89.8 cm³/mol. The number of aryl methyl sites for hydroxylation is 1. The van der Waals surface area contributed by atoms with Crippen molar-refractivity contribution in [3.63, 3.8) is 0 Å². The fourth-order valence-electron chi connectivity index (χ4n) is 2.06. The topological polar surface area (TPSA) is 46.9 Å². The Balaban J connectivity index is 1.66. The minimum absolute atomic E-state index is 0.115. The van der Waals surface area contributed by atoms with Crippen LogP contribution in [-0.4, -0.2) is 15.7 Å². The molecule has 0 spiro atoms. The maximum Gasteiger partial charge on any atom is 0.256 e. The Morgan fingerprint density at radius 1 is 1.36 bits per heavy atom. The van der Waals surface area contributed by atoms with Gasteiger partial charge in [0, 0.05) is 21.5 Å². The minimum atomic E-state index is -0.115. The van der Waals surface area contributed by atoms with E-state index in [1.165, 1.54) is 0 Å². The van der Waals surface area contributed by atoms with Gasteiger partial charge in [0.1, 0.15) is 0 Å². The smallest absolute Gasteiger partial charge is 0.256 e. The quantitative estimate of drug-likeness (QED) is 0.778. The van der Waals surface area contributed by atoms with Gasteiger partial charge in [0.25, 0.3) is 5.91 Å². The summed E-state index contributed by atoms with van der Waals surface area (Å²) in [4.78, 5) is 13.2. The first-order valence-electron chi connectivity index (χ1n) is 6.73.